The first-order valence-electron chi connectivity index (χ1n) is 7.52. The minimum atomic E-state index is -3.85. The molecule has 4 nitrogen and oxygen atoms in total. The second kappa shape index (κ2) is 10.6. The summed E-state index contributed by atoms with van der Waals surface area (Å²) in [6, 6.07) is 0. The predicted octanol–water partition coefficient (Wildman–Crippen LogP) is 3.54. The highest BCUT2D eigenvalue weighted by atomic mass is 32.2. The monoisotopic (exact) mass is 294 g/mol. The van der Waals surface area contributed by atoms with Crippen LogP contribution >= 0.6 is 0 Å². The lowest BCUT2D eigenvalue weighted by atomic mass is 10.0. The van der Waals surface area contributed by atoms with Gasteiger partial charge >= 0.3 is 0 Å². The van der Waals surface area contributed by atoms with Gasteiger partial charge in [-0.1, -0.05) is 51.9 Å². The van der Waals surface area contributed by atoms with Crippen LogP contribution in [0.5, 0.6) is 0 Å². The standard InChI is InChI=1S/C14H30O4S/c1-3-14(19(16,17)18)12-10-8-6-4-5-7-9-11-13(2)15/h13-15H,3-12H2,1-2H3,(H,16,17,18). The van der Waals surface area contributed by atoms with E-state index >= 15 is 0 Å². The molecular formula is C14H30O4S. The zero-order valence-electron chi connectivity index (χ0n) is 12.3. The van der Waals surface area contributed by atoms with Gasteiger partial charge in [-0.15, -0.1) is 0 Å². The zero-order chi connectivity index (χ0) is 14.7. The van der Waals surface area contributed by atoms with E-state index in [9.17, 15) is 8.42 Å². The van der Waals surface area contributed by atoms with Crippen molar-refractivity contribution in [2.24, 2.45) is 0 Å². The largest absolute Gasteiger partial charge is 0.393 e. The van der Waals surface area contributed by atoms with Gasteiger partial charge in [0.05, 0.1) is 11.4 Å². The summed E-state index contributed by atoms with van der Waals surface area (Å²) in [7, 11) is -3.85. The molecule has 116 valence electrons. The highest BCUT2D eigenvalue weighted by Gasteiger charge is 2.19. The Kier molecular flexibility index (Phi) is 10.6. The quantitative estimate of drug-likeness (QED) is 0.426. The summed E-state index contributed by atoms with van der Waals surface area (Å²) in [6.45, 7) is 3.61. The molecule has 0 saturated carbocycles. The van der Waals surface area contributed by atoms with Crippen LogP contribution in [0.3, 0.4) is 0 Å². The topological polar surface area (TPSA) is 74.6 Å². The van der Waals surface area contributed by atoms with Crippen molar-refractivity contribution in [3.8, 4) is 0 Å². The maximum atomic E-state index is 11.0. The van der Waals surface area contributed by atoms with E-state index in [2.05, 4.69) is 0 Å². The molecule has 2 N–H and O–H groups in total. The first-order valence-corrected chi connectivity index (χ1v) is 9.02. The lowest BCUT2D eigenvalue weighted by molar-refractivity contribution is 0.180. The van der Waals surface area contributed by atoms with E-state index in [1.807, 2.05) is 6.92 Å². The van der Waals surface area contributed by atoms with Gasteiger partial charge in [-0.05, 0) is 26.2 Å². The van der Waals surface area contributed by atoms with Gasteiger partial charge in [0, 0.05) is 0 Å². The molecule has 0 aromatic heterocycles. The van der Waals surface area contributed by atoms with E-state index in [-0.39, 0.29) is 6.10 Å². The molecule has 0 fully saturated rings. The van der Waals surface area contributed by atoms with Crippen LogP contribution in [0.25, 0.3) is 0 Å². The molecule has 0 aliphatic rings. The van der Waals surface area contributed by atoms with Crippen molar-refractivity contribution in [2.45, 2.75) is 89.4 Å². The minimum absolute atomic E-state index is 0.189. The third-order valence-corrected chi connectivity index (χ3v) is 4.94. The van der Waals surface area contributed by atoms with Crippen LogP contribution in [-0.4, -0.2) is 29.4 Å². The van der Waals surface area contributed by atoms with Gasteiger partial charge in [-0.25, -0.2) is 0 Å². The van der Waals surface area contributed by atoms with E-state index < -0.39 is 15.4 Å². The number of hydrogen-bond acceptors (Lipinski definition) is 3. The summed E-state index contributed by atoms with van der Waals surface area (Å²) >= 11 is 0. The van der Waals surface area contributed by atoms with Crippen LogP contribution in [-0.2, 0) is 10.1 Å². The van der Waals surface area contributed by atoms with E-state index in [1.54, 1.807) is 6.92 Å². The first-order chi connectivity index (χ1) is 8.88. The van der Waals surface area contributed by atoms with E-state index in [1.165, 1.54) is 12.8 Å². The van der Waals surface area contributed by atoms with Crippen molar-refractivity contribution in [1.82, 2.24) is 0 Å². The van der Waals surface area contributed by atoms with Crippen molar-refractivity contribution in [1.29, 1.82) is 0 Å². The van der Waals surface area contributed by atoms with Crippen LogP contribution in [0, 0.1) is 0 Å². The molecule has 19 heavy (non-hydrogen) atoms. The van der Waals surface area contributed by atoms with E-state index in [0.717, 1.165) is 38.5 Å². The molecule has 2 unspecified atom stereocenters. The number of hydrogen-bond donors (Lipinski definition) is 2. The van der Waals surface area contributed by atoms with Crippen molar-refractivity contribution in [3.63, 3.8) is 0 Å². The highest BCUT2D eigenvalue weighted by Crippen LogP contribution is 2.15. The maximum absolute atomic E-state index is 11.0. The zero-order valence-corrected chi connectivity index (χ0v) is 13.2. The van der Waals surface area contributed by atoms with Crippen molar-refractivity contribution in [2.75, 3.05) is 0 Å². The molecule has 0 aliphatic heterocycles. The van der Waals surface area contributed by atoms with Crippen molar-refractivity contribution in [3.05, 3.63) is 0 Å². The Morgan fingerprint density at radius 3 is 1.68 bits per heavy atom. The third-order valence-electron chi connectivity index (χ3n) is 3.52. The third kappa shape index (κ3) is 11.4. The molecule has 0 saturated heterocycles. The Bertz CT molecular complexity index is 299. The number of aliphatic hydroxyl groups excluding tert-OH is 1. The molecule has 0 heterocycles. The van der Waals surface area contributed by atoms with Gasteiger partial charge in [-0.2, -0.15) is 8.42 Å². The van der Waals surface area contributed by atoms with Crippen LogP contribution in [0.1, 0.15) is 78.1 Å². The normalized spacial score (nSPS) is 15.4. The molecule has 0 bridgehead atoms. The smallest absolute Gasteiger partial charge is 0.267 e. The molecule has 0 radical (unpaired) electrons. The second-order valence-corrected chi connectivity index (χ2v) is 7.14. The van der Waals surface area contributed by atoms with E-state index in [0.29, 0.717) is 12.8 Å². The van der Waals surface area contributed by atoms with Gasteiger partial charge in [-0.3, -0.25) is 4.55 Å². The van der Waals surface area contributed by atoms with E-state index in [4.69, 9.17) is 9.66 Å². The Morgan fingerprint density at radius 2 is 1.32 bits per heavy atom. The fourth-order valence-electron chi connectivity index (χ4n) is 2.26. The average molecular weight is 294 g/mol. The fraction of sp³-hybridized carbons (Fsp3) is 1.00. The van der Waals surface area contributed by atoms with Gasteiger partial charge in [0.1, 0.15) is 0 Å². The predicted molar refractivity (Wildman–Crippen MR) is 78.9 cm³/mol. The molecule has 0 aliphatic carbocycles. The molecule has 0 amide bonds. The van der Waals surface area contributed by atoms with Crippen LogP contribution < -0.4 is 0 Å². The molecule has 0 aromatic rings. The second-order valence-electron chi connectivity index (χ2n) is 5.45. The van der Waals surface area contributed by atoms with Crippen molar-refractivity contribution < 1.29 is 18.1 Å². The summed E-state index contributed by atoms with van der Waals surface area (Å²) in [5, 5.41) is 8.51. The SMILES string of the molecule is CCC(CCCCCCCCCC(C)O)S(=O)(=O)O. The lowest BCUT2D eigenvalue weighted by Crippen LogP contribution is -2.19. The Labute approximate surface area is 118 Å². The number of rotatable bonds is 12. The van der Waals surface area contributed by atoms with Gasteiger partial charge < -0.3 is 5.11 Å². The molecule has 0 aromatic carbocycles. The molecular weight excluding hydrogens is 264 g/mol. The summed E-state index contributed by atoms with van der Waals surface area (Å²) in [5.74, 6) is 0. The maximum Gasteiger partial charge on any atom is 0.267 e. The highest BCUT2D eigenvalue weighted by molar-refractivity contribution is 7.86. The minimum Gasteiger partial charge on any atom is -0.393 e. The number of unbranched alkanes of at least 4 members (excludes halogenated alkanes) is 6. The summed E-state index contributed by atoms with van der Waals surface area (Å²) in [4.78, 5) is 0. The molecule has 0 rings (SSSR count). The number of aliphatic hydroxyl groups is 1. The summed E-state index contributed by atoms with van der Waals surface area (Å²) in [6.07, 6.45) is 9.36. The fourth-order valence-corrected chi connectivity index (χ4v) is 3.15. The Morgan fingerprint density at radius 1 is 0.895 bits per heavy atom. The lowest BCUT2D eigenvalue weighted by Gasteiger charge is -2.10. The first kappa shape index (κ1) is 18.9. The Hall–Kier alpha value is -0.130. The average Bonchev–Trinajstić information content (AvgIpc) is 2.29. The van der Waals surface area contributed by atoms with Crippen LogP contribution in [0.2, 0.25) is 0 Å². The summed E-state index contributed by atoms with van der Waals surface area (Å²) < 4.78 is 31.0. The molecule has 2 atom stereocenters. The van der Waals surface area contributed by atoms with Crippen molar-refractivity contribution >= 4 is 10.1 Å². The van der Waals surface area contributed by atoms with Crippen LogP contribution in [0.15, 0.2) is 0 Å². The van der Waals surface area contributed by atoms with Gasteiger partial charge in [0.25, 0.3) is 10.1 Å². The molecule has 0 spiro atoms. The van der Waals surface area contributed by atoms with Gasteiger partial charge in [0.2, 0.25) is 0 Å². The molecule has 5 heteroatoms. The van der Waals surface area contributed by atoms with Gasteiger partial charge in [0.15, 0.2) is 0 Å². The van der Waals surface area contributed by atoms with Crippen LogP contribution in [0.4, 0.5) is 0 Å². The summed E-state index contributed by atoms with van der Waals surface area (Å²) in [5.41, 5.74) is 0. The Balaban J connectivity index is 3.40.